The lowest BCUT2D eigenvalue weighted by Crippen LogP contribution is -2.39. The van der Waals surface area contributed by atoms with Gasteiger partial charge >= 0.3 is 0 Å². The fraction of sp³-hybridized carbons (Fsp3) is 0.562. The van der Waals surface area contributed by atoms with Crippen molar-refractivity contribution in [1.82, 2.24) is 10.6 Å². The van der Waals surface area contributed by atoms with Crippen LogP contribution in [-0.4, -0.2) is 53.0 Å². The monoisotopic (exact) mass is 421 g/mol. The molecule has 0 spiro atoms. The predicted octanol–water partition coefficient (Wildman–Crippen LogP) is 2.07. The van der Waals surface area contributed by atoms with Gasteiger partial charge in [-0.1, -0.05) is 30.3 Å². The van der Waals surface area contributed by atoms with Crippen LogP contribution in [0.1, 0.15) is 12.0 Å². The number of nitrogens with one attached hydrogen (secondary N) is 2. The van der Waals surface area contributed by atoms with E-state index < -0.39 is 0 Å². The number of hydrogen-bond donors (Lipinski definition) is 2. The van der Waals surface area contributed by atoms with Gasteiger partial charge in [-0.05, 0) is 18.4 Å². The molecule has 1 aromatic rings. The molecule has 0 amide bonds. The first-order valence-electron chi connectivity index (χ1n) is 7.42. The SMILES string of the molecule is CN=C(NCCCc1ccccc1)NCCOCCOC.I. The second-order valence-corrected chi connectivity index (χ2v) is 4.62. The lowest BCUT2D eigenvalue weighted by Gasteiger charge is -2.12. The van der Waals surface area contributed by atoms with E-state index in [1.165, 1.54) is 5.56 Å². The lowest BCUT2D eigenvalue weighted by atomic mass is 10.1. The minimum absolute atomic E-state index is 0. The Labute approximate surface area is 150 Å². The quantitative estimate of drug-likeness (QED) is 0.263. The number of methoxy groups -OCH3 is 1. The Kier molecular flexibility index (Phi) is 14.5. The van der Waals surface area contributed by atoms with Gasteiger partial charge in [-0.15, -0.1) is 24.0 Å². The maximum atomic E-state index is 5.38. The molecule has 0 radical (unpaired) electrons. The molecule has 22 heavy (non-hydrogen) atoms. The Balaban J connectivity index is 0.00000441. The Morgan fingerprint density at radius 3 is 2.45 bits per heavy atom. The summed E-state index contributed by atoms with van der Waals surface area (Å²) in [4.78, 5) is 4.18. The van der Waals surface area contributed by atoms with Crippen molar-refractivity contribution in [2.45, 2.75) is 12.8 Å². The van der Waals surface area contributed by atoms with Crippen molar-refractivity contribution in [1.29, 1.82) is 0 Å². The van der Waals surface area contributed by atoms with E-state index in [0.717, 1.165) is 31.9 Å². The highest BCUT2D eigenvalue weighted by atomic mass is 127. The Bertz CT molecular complexity index is 388. The fourth-order valence-electron chi connectivity index (χ4n) is 1.85. The Morgan fingerprint density at radius 1 is 1.05 bits per heavy atom. The molecule has 0 atom stereocenters. The summed E-state index contributed by atoms with van der Waals surface area (Å²) in [5.74, 6) is 0.818. The average molecular weight is 421 g/mol. The molecule has 0 aliphatic carbocycles. The molecule has 0 aromatic heterocycles. The van der Waals surface area contributed by atoms with E-state index in [0.29, 0.717) is 19.8 Å². The topological polar surface area (TPSA) is 54.9 Å². The molecule has 0 aliphatic heterocycles. The van der Waals surface area contributed by atoms with Gasteiger partial charge in [-0.25, -0.2) is 0 Å². The van der Waals surface area contributed by atoms with E-state index in [1.54, 1.807) is 14.2 Å². The van der Waals surface area contributed by atoms with Crippen molar-refractivity contribution in [2.75, 3.05) is 47.1 Å². The zero-order valence-corrected chi connectivity index (χ0v) is 15.8. The van der Waals surface area contributed by atoms with Crippen LogP contribution in [0.25, 0.3) is 0 Å². The van der Waals surface area contributed by atoms with Gasteiger partial charge in [0.1, 0.15) is 0 Å². The molecule has 126 valence electrons. The van der Waals surface area contributed by atoms with Crippen LogP contribution in [0.15, 0.2) is 35.3 Å². The molecule has 0 fully saturated rings. The standard InChI is InChI=1S/C16H27N3O2.HI/c1-17-16(19-11-12-21-14-13-20-2)18-10-6-9-15-7-4-3-5-8-15;/h3-5,7-8H,6,9-14H2,1-2H3,(H2,17,18,19);1H. The van der Waals surface area contributed by atoms with Crippen molar-refractivity contribution in [3.05, 3.63) is 35.9 Å². The number of hydrogen-bond acceptors (Lipinski definition) is 3. The molecule has 0 saturated carbocycles. The third-order valence-electron chi connectivity index (χ3n) is 2.97. The molecular formula is C16H28IN3O2. The van der Waals surface area contributed by atoms with Crippen LogP contribution >= 0.6 is 24.0 Å². The van der Waals surface area contributed by atoms with Crippen LogP contribution < -0.4 is 10.6 Å². The van der Waals surface area contributed by atoms with E-state index in [4.69, 9.17) is 9.47 Å². The Morgan fingerprint density at radius 2 is 1.77 bits per heavy atom. The third kappa shape index (κ3) is 10.8. The number of nitrogens with zero attached hydrogens (tertiary/aromatic N) is 1. The van der Waals surface area contributed by atoms with Crippen LogP contribution in [-0.2, 0) is 15.9 Å². The number of halogens is 1. The van der Waals surface area contributed by atoms with Crippen molar-refractivity contribution in [2.24, 2.45) is 4.99 Å². The second kappa shape index (κ2) is 15.1. The Hall–Kier alpha value is -0.860. The highest BCUT2D eigenvalue weighted by Gasteiger charge is 1.97. The highest BCUT2D eigenvalue weighted by molar-refractivity contribution is 14.0. The number of aliphatic imine (C=N–C) groups is 1. The number of ether oxygens (including phenoxy) is 2. The van der Waals surface area contributed by atoms with Gasteiger partial charge < -0.3 is 20.1 Å². The van der Waals surface area contributed by atoms with Crippen LogP contribution in [0.2, 0.25) is 0 Å². The molecule has 0 heterocycles. The zero-order valence-electron chi connectivity index (χ0n) is 13.5. The fourth-order valence-corrected chi connectivity index (χ4v) is 1.85. The van der Waals surface area contributed by atoms with Crippen LogP contribution in [0, 0.1) is 0 Å². The van der Waals surface area contributed by atoms with Crippen molar-refractivity contribution in [3.8, 4) is 0 Å². The predicted molar refractivity (Wildman–Crippen MR) is 102 cm³/mol. The number of rotatable bonds is 10. The van der Waals surface area contributed by atoms with Gasteiger partial charge in [-0.2, -0.15) is 0 Å². The molecule has 2 N–H and O–H groups in total. The van der Waals surface area contributed by atoms with Crippen LogP contribution in [0.4, 0.5) is 0 Å². The molecule has 1 rings (SSSR count). The van der Waals surface area contributed by atoms with Crippen molar-refractivity contribution >= 4 is 29.9 Å². The smallest absolute Gasteiger partial charge is 0.191 e. The zero-order chi connectivity index (χ0) is 15.2. The largest absolute Gasteiger partial charge is 0.382 e. The van der Waals surface area contributed by atoms with Crippen molar-refractivity contribution in [3.63, 3.8) is 0 Å². The van der Waals surface area contributed by atoms with E-state index in [-0.39, 0.29) is 24.0 Å². The summed E-state index contributed by atoms with van der Waals surface area (Å²) in [7, 11) is 3.45. The molecule has 0 aliphatic rings. The number of benzene rings is 1. The maximum Gasteiger partial charge on any atom is 0.191 e. The molecule has 6 heteroatoms. The van der Waals surface area contributed by atoms with Gasteiger partial charge in [0.25, 0.3) is 0 Å². The normalized spacial score (nSPS) is 10.9. The summed E-state index contributed by atoms with van der Waals surface area (Å²) < 4.78 is 10.3. The molecule has 0 unspecified atom stereocenters. The summed E-state index contributed by atoms with van der Waals surface area (Å²) in [5, 5.41) is 6.52. The van der Waals surface area contributed by atoms with E-state index >= 15 is 0 Å². The molecule has 5 nitrogen and oxygen atoms in total. The summed E-state index contributed by atoms with van der Waals surface area (Å²) in [6.45, 7) is 3.54. The molecule has 1 aromatic carbocycles. The molecule has 0 bridgehead atoms. The third-order valence-corrected chi connectivity index (χ3v) is 2.97. The first-order chi connectivity index (χ1) is 10.4. The highest BCUT2D eigenvalue weighted by Crippen LogP contribution is 2.01. The first kappa shape index (κ1) is 21.1. The minimum Gasteiger partial charge on any atom is -0.382 e. The van der Waals surface area contributed by atoms with Gasteiger partial charge in [-0.3, -0.25) is 4.99 Å². The van der Waals surface area contributed by atoms with Crippen LogP contribution in [0.3, 0.4) is 0 Å². The number of guanidine groups is 1. The van der Waals surface area contributed by atoms with Gasteiger partial charge in [0.15, 0.2) is 5.96 Å². The summed E-state index contributed by atoms with van der Waals surface area (Å²) in [6, 6.07) is 10.5. The molecular weight excluding hydrogens is 393 g/mol. The van der Waals surface area contributed by atoms with E-state index in [2.05, 4.69) is 39.9 Å². The van der Waals surface area contributed by atoms with Gasteiger partial charge in [0.05, 0.1) is 19.8 Å². The van der Waals surface area contributed by atoms with Crippen molar-refractivity contribution < 1.29 is 9.47 Å². The lowest BCUT2D eigenvalue weighted by molar-refractivity contribution is 0.0733. The minimum atomic E-state index is 0. The summed E-state index contributed by atoms with van der Waals surface area (Å²) in [6.07, 6.45) is 2.15. The number of aryl methyl sites for hydroxylation is 1. The molecule has 0 saturated heterocycles. The average Bonchev–Trinajstić information content (AvgIpc) is 2.53. The maximum absolute atomic E-state index is 5.38. The summed E-state index contributed by atoms with van der Waals surface area (Å²) >= 11 is 0. The van der Waals surface area contributed by atoms with Gasteiger partial charge in [0, 0.05) is 27.2 Å². The second-order valence-electron chi connectivity index (χ2n) is 4.62. The van der Waals surface area contributed by atoms with Crippen LogP contribution in [0.5, 0.6) is 0 Å². The van der Waals surface area contributed by atoms with E-state index in [9.17, 15) is 0 Å². The summed E-state index contributed by atoms with van der Waals surface area (Å²) in [5.41, 5.74) is 1.37. The van der Waals surface area contributed by atoms with E-state index in [1.807, 2.05) is 6.07 Å². The van der Waals surface area contributed by atoms with Gasteiger partial charge in [0.2, 0.25) is 0 Å². The first-order valence-corrected chi connectivity index (χ1v) is 7.42.